The minimum absolute atomic E-state index is 0.111. The second kappa shape index (κ2) is 7.13. The maximum atomic E-state index is 12.5. The molecule has 0 saturated carbocycles. The molecule has 0 atom stereocenters. The summed E-state index contributed by atoms with van der Waals surface area (Å²) in [5.74, 6) is 0.504. The minimum atomic E-state index is -0.111. The lowest BCUT2D eigenvalue weighted by atomic mass is 10.1. The first-order chi connectivity index (χ1) is 13.1. The van der Waals surface area contributed by atoms with Gasteiger partial charge in [-0.3, -0.25) is 4.79 Å². The molecular formula is C21H15ClN4O. The number of hydrogen-bond acceptors (Lipinski definition) is 4. The Balaban J connectivity index is 1.78. The smallest absolute Gasteiger partial charge is 0.185 e. The van der Waals surface area contributed by atoms with Crippen LogP contribution in [0.2, 0.25) is 5.02 Å². The van der Waals surface area contributed by atoms with Crippen LogP contribution in [0.15, 0.2) is 67.3 Å². The lowest BCUT2D eigenvalue weighted by Crippen LogP contribution is -2.02. The van der Waals surface area contributed by atoms with Gasteiger partial charge in [0.1, 0.15) is 12.7 Å². The number of halogens is 1. The summed E-state index contributed by atoms with van der Waals surface area (Å²) in [6.07, 6.45) is 6.32. The Morgan fingerprint density at radius 2 is 1.93 bits per heavy atom. The summed E-state index contributed by atoms with van der Waals surface area (Å²) < 4.78 is 1.59. The number of carbonyl (C=O) groups excluding carboxylic acids is 1. The van der Waals surface area contributed by atoms with Crippen molar-refractivity contribution in [2.75, 3.05) is 0 Å². The normalized spacial score (nSPS) is 11.3. The summed E-state index contributed by atoms with van der Waals surface area (Å²) in [6.45, 7) is 2.03. The Morgan fingerprint density at radius 1 is 1.11 bits per heavy atom. The van der Waals surface area contributed by atoms with Gasteiger partial charge in [0.15, 0.2) is 11.6 Å². The molecule has 0 radical (unpaired) electrons. The van der Waals surface area contributed by atoms with E-state index in [2.05, 4.69) is 16.1 Å². The van der Waals surface area contributed by atoms with E-state index in [1.165, 1.54) is 12.4 Å². The quantitative estimate of drug-likeness (QED) is 0.384. The highest BCUT2D eigenvalue weighted by Gasteiger charge is 2.09. The molecule has 0 fully saturated rings. The number of aromatic nitrogens is 4. The first-order valence-corrected chi connectivity index (χ1v) is 8.72. The minimum Gasteiger partial charge on any atom is -0.289 e. The van der Waals surface area contributed by atoms with Gasteiger partial charge in [-0.15, -0.1) is 0 Å². The van der Waals surface area contributed by atoms with Crippen LogP contribution in [0.5, 0.6) is 0 Å². The summed E-state index contributed by atoms with van der Waals surface area (Å²) in [5.41, 5.74) is 3.35. The van der Waals surface area contributed by atoms with Gasteiger partial charge >= 0.3 is 0 Å². The van der Waals surface area contributed by atoms with Crippen molar-refractivity contribution in [3.63, 3.8) is 0 Å². The van der Waals surface area contributed by atoms with E-state index in [9.17, 15) is 4.79 Å². The van der Waals surface area contributed by atoms with Gasteiger partial charge in [0, 0.05) is 21.5 Å². The van der Waals surface area contributed by atoms with Crippen LogP contribution in [-0.4, -0.2) is 25.5 Å². The zero-order valence-electron chi connectivity index (χ0n) is 14.5. The molecule has 27 heavy (non-hydrogen) atoms. The Hall–Kier alpha value is -3.31. The largest absolute Gasteiger partial charge is 0.289 e. The van der Waals surface area contributed by atoms with Gasteiger partial charge < -0.3 is 0 Å². The van der Waals surface area contributed by atoms with Gasteiger partial charge in [-0.1, -0.05) is 23.2 Å². The molecule has 0 aliphatic rings. The number of rotatable bonds is 4. The molecule has 0 aliphatic carbocycles. The maximum Gasteiger partial charge on any atom is 0.185 e. The van der Waals surface area contributed by atoms with Crippen LogP contribution >= 0.6 is 11.6 Å². The first kappa shape index (κ1) is 17.1. The topological polar surface area (TPSA) is 60.7 Å². The van der Waals surface area contributed by atoms with Crippen LogP contribution in [0.3, 0.4) is 0 Å². The van der Waals surface area contributed by atoms with Crippen molar-refractivity contribution in [1.29, 1.82) is 0 Å². The molecule has 5 nitrogen and oxygen atoms in total. The number of nitrogens with zero attached hydrogens (tertiary/aromatic N) is 4. The van der Waals surface area contributed by atoms with E-state index in [1.54, 1.807) is 41.4 Å². The van der Waals surface area contributed by atoms with E-state index in [0.29, 0.717) is 16.4 Å². The molecule has 4 rings (SSSR count). The molecule has 2 heterocycles. The first-order valence-electron chi connectivity index (χ1n) is 8.34. The highest BCUT2D eigenvalue weighted by atomic mass is 35.5. The molecule has 2 aromatic heterocycles. The van der Waals surface area contributed by atoms with E-state index >= 15 is 0 Å². The van der Waals surface area contributed by atoms with Gasteiger partial charge in [0.2, 0.25) is 0 Å². The monoisotopic (exact) mass is 374 g/mol. The molecule has 0 amide bonds. The number of benzene rings is 2. The van der Waals surface area contributed by atoms with Crippen LogP contribution in [0, 0.1) is 6.92 Å². The summed E-state index contributed by atoms with van der Waals surface area (Å²) in [6, 6.07) is 14.8. The van der Waals surface area contributed by atoms with Crippen molar-refractivity contribution in [2.24, 2.45) is 0 Å². The summed E-state index contributed by atoms with van der Waals surface area (Å²) in [7, 11) is 0. The van der Waals surface area contributed by atoms with Crippen molar-refractivity contribution in [3.8, 4) is 5.82 Å². The molecule has 0 aliphatic heterocycles. The Labute approximate surface area is 161 Å². The fourth-order valence-electron chi connectivity index (χ4n) is 2.80. The predicted molar refractivity (Wildman–Crippen MR) is 106 cm³/mol. The number of fused-ring (bicyclic) bond motifs is 1. The highest BCUT2D eigenvalue weighted by Crippen LogP contribution is 2.22. The maximum absolute atomic E-state index is 12.5. The number of hydrogen-bond donors (Lipinski definition) is 0. The number of aryl methyl sites for hydroxylation is 1. The standard InChI is InChI=1S/C21H15ClN4O/c1-14-2-8-19-17(10-14)11-16(21(25-19)26-13-23-12-24-26)5-9-20(27)15-3-6-18(22)7-4-15/h2-13H,1H3/b9-5+. The molecular weight excluding hydrogens is 360 g/mol. The summed E-state index contributed by atoms with van der Waals surface area (Å²) >= 11 is 5.88. The van der Waals surface area contributed by atoms with Crippen LogP contribution in [-0.2, 0) is 0 Å². The van der Waals surface area contributed by atoms with E-state index in [0.717, 1.165) is 22.0 Å². The second-order valence-electron chi connectivity index (χ2n) is 6.14. The second-order valence-corrected chi connectivity index (χ2v) is 6.58. The van der Waals surface area contributed by atoms with E-state index in [-0.39, 0.29) is 5.78 Å². The van der Waals surface area contributed by atoms with Gasteiger partial charge in [-0.05, 0) is 61.5 Å². The molecule has 132 valence electrons. The Kier molecular flexibility index (Phi) is 4.52. The molecule has 4 aromatic rings. The lowest BCUT2D eigenvalue weighted by molar-refractivity contribution is 0.104. The fraction of sp³-hybridized carbons (Fsp3) is 0.0476. The van der Waals surface area contributed by atoms with Crippen LogP contribution in [0.4, 0.5) is 0 Å². The van der Waals surface area contributed by atoms with Crippen molar-refractivity contribution < 1.29 is 4.79 Å². The van der Waals surface area contributed by atoms with Crippen molar-refractivity contribution in [1.82, 2.24) is 19.7 Å². The van der Waals surface area contributed by atoms with E-state index < -0.39 is 0 Å². The Morgan fingerprint density at radius 3 is 2.67 bits per heavy atom. The summed E-state index contributed by atoms with van der Waals surface area (Å²) in [4.78, 5) is 21.2. The Bertz CT molecular complexity index is 1150. The third-order valence-electron chi connectivity index (χ3n) is 4.16. The third kappa shape index (κ3) is 3.64. The molecule has 2 aromatic carbocycles. The molecule has 0 spiro atoms. The molecule has 0 saturated heterocycles. The zero-order chi connectivity index (χ0) is 18.8. The molecule has 0 unspecified atom stereocenters. The van der Waals surface area contributed by atoms with Gasteiger partial charge in [-0.2, -0.15) is 5.10 Å². The summed E-state index contributed by atoms with van der Waals surface area (Å²) in [5, 5.41) is 5.77. The van der Waals surface area contributed by atoms with Crippen LogP contribution in [0.1, 0.15) is 21.5 Å². The van der Waals surface area contributed by atoms with Crippen molar-refractivity contribution in [3.05, 3.63) is 89.0 Å². The number of carbonyl (C=O) groups is 1. The molecule has 6 heteroatoms. The van der Waals surface area contributed by atoms with Gasteiger partial charge in [0.05, 0.1) is 5.52 Å². The van der Waals surface area contributed by atoms with Gasteiger partial charge in [0.25, 0.3) is 0 Å². The van der Waals surface area contributed by atoms with Crippen LogP contribution in [0.25, 0.3) is 22.8 Å². The number of pyridine rings is 1. The lowest BCUT2D eigenvalue weighted by Gasteiger charge is -2.08. The molecule has 0 N–H and O–H groups in total. The van der Waals surface area contributed by atoms with E-state index in [1.807, 2.05) is 25.1 Å². The fourth-order valence-corrected chi connectivity index (χ4v) is 2.93. The SMILES string of the molecule is Cc1ccc2nc(-n3cncn3)c(/C=C/C(=O)c3ccc(Cl)cc3)cc2c1. The average molecular weight is 375 g/mol. The predicted octanol–water partition coefficient (Wildman–Crippen LogP) is 4.67. The molecule has 0 bridgehead atoms. The van der Waals surface area contributed by atoms with Crippen molar-refractivity contribution >= 4 is 34.4 Å². The van der Waals surface area contributed by atoms with Crippen LogP contribution < -0.4 is 0 Å². The average Bonchev–Trinajstić information content (AvgIpc) is 3.20. The third-order valence-corrected chi connectivity index (χ3v) is 4.41. The van der Waals surface area contributed by atoms with Gasteiger partial charge in [-0.25, -0.2) is 14.6 Å². The number of ketones is 1. The van der Waals surface area contributed by atoms with E-state index in [4.69, 9.17) is 16.6 Å². The number of allylic oxidation sites excluding steroid dienone is 1. The highest BCUT2D eigenvalue weighted by molar-refractivity contribution is 6.30. The van der Waals surface area contributed by atoms with Crippen molar-refractivity contribution in [2.45, 2.75) is 6.92 Å². The zero-order valence-corrected chi connectivity index (χ0v) is 15.3.